The molecule has 0 fully saturated rings. The van der Waals surface area contributed by atoms with Crippen LogP contribution in [0, 0.1) is 5.82 Å². The molecule has 134 valence electrons. The van der Waals surface area contributed by atoms with E-state index in [-0.39, 0.29) is 11.7 Å². The predicted octanol–water partition coefficient (Wildman–Crippen LogP) is 4.48. The molecule has 0 unspecified atom stereocenters. The van der Waals surface area contributed by atoms with Crippen LogP contribution in [-0.4, -0.2) is 18.0 Å². The second-order valence-corrected chi connectivity index (χ2v) is 7.63. The zero-order valence-corrected chi connectivity index (χ0v) is 15.5. The first-order chi connectivity index (χ1) is 12.5. The molecule has 2 heterocycles. The second-order valence-electron chi connectivity index (χ2n) is 5.52. The number of carbonyl (C=O) groups excluding carboxylic acids is 2. The molecule has 0 aliphatic heterocycles. The number of rotatable bonds is 6. The maximum Gasteiger partial charge on any atom is 0.349 e. The van der Waals surface area contributed by atoms with Gasteiger partial charge in [-0.2, -0.15) is 0 Å². The summed E-state index contributed by atoms with van der Waals surface area (Å²) in [6, 6.07) is 13.3. The third-order valence-electron chi connectivity index (χ3n) is 3.61. The van der Waals surface area contributed by atoms with Crippen molar-refractivity contribution >= 4 is 34.6 Å². The Bertz CT molecular complexity index is 888. The molecule has 3 rings (SSSR count). The van der Waals surface area contributed by atoms with Crippen molar-refractivity contribution in [2.24, 2.45) is 0 Å². The molecule has 1 N–H and O–H groups in total. The topological polar surface area (TPSA) is 55.4 Å². The van der Waals surface area contributed by atoms with Crippen LogP contribution in [0.2, 0.25) is 0 Å². The molecule has 0 saturated carbocycles. The molecule has 0 aliphatic carbocycles. The largest absolute Gasteiger partial charge is 0.448 e. The number of hydrogen-bond acceptors (Lipinski definition) is 5. The van der Waals surface area contributed by atoms with Crippen LogP contribution in [0.25, 0.3) is 10.4 Å². The summed E-state index contributed by atoms with van der Waals surface area (Å²) in [6.45, 7) is 1.95. The van der Waals surface area contributed by atoms with Gasteiger partial charge in [-0.3, -0.25) is 4.79 Å². The lowest BCUT2D eigenvalue weighted by molar-refractivity contribution is -0.129. The number of benzene rings is 1. The zero-order chi connectivity index (χ0) is 18.5. The third kappa shape index (κ3) is 4.56. The van der Waals surface area contributed by atoms with E-state index >= 15 is 0 Å². The second kappa shape index (κ2) is 8.25. The first kappa shape index (κ1) is 18.3. The van der Waals surface area contributed by atoms with Crippen molar-refractivity contribution in [3.63, 3.8) is 0 Å². The minimum atomic E-state index is -0.890. The number of carbonyl (C=O) groups is 2. The molecule has 0 radical (unpaired) electrons. The number of esters is 1. The fourth-order valence-electron chi connectivity index (χ4n) is 2.22. The van der Waals surface area contributed by atoms with Gasteiger partial charge in [-0.05, 0) is 48.2 Å². The van der Waals surface area contributed by atoms with E-state index in [1.165, 1.54) is 30.4 Å². The Morgan fingerprint density at radius 2 is 1.92 bits per heavy atom. The van der Waals surface area contributed by atoms with Gasteiger partial charge in [-0.1, -0.05) is 18.2 Å². The number of ether oxygens (including phenoxy) is 1. The van der Waals surface area contributed by atoms with Gasteiger partial charge in [-0.15, -0.1) is 22.7 Å². The molecular formula is C19H16FNO3S2. The van der Waals surface area contributed by atoms with Crippen LogP contribution in [0.3, 0.4) is 0 Å². The van der Waals surface area contributed by atoms with Crippen molar-refractivity contribution in [3.05, 3.63) is 69.5 Å². The van der Waals surface area contributed by atoms with E-state index in [0.717, 1.165) is 15.3 Å². The highest BCUT2D eigenvalue weighted by Gasteiger charge is 2.20. The highest BCUT2D eigenvalue weighted by Crippen LogP contribution is 2.28. The number of hydrogen-bond donors (Lipinski definition) is 1. The van der Waals surface area contributed by atoms with Crippen molar-refractivity contribution in [2.45, 2.75) is 19.6 Å². The van der Waals surface area contributed by atoms with Crippen LogP contribution in [-0.2, 0) is 16.1 Å². The van der Waals surface area contributed by atoms with Crippen LogP contribution in [0.4, 0.5) is 4.39 Å². The lowest BCUT2D eigenvalue weighted by atomic mass is 10.2. The fourth-order valence-corrected chi connectivity index (χ4v) is 3.76. The van der Waals surface area contributed by atoms with E-state index in [0.29, 0.717) is 11.4 Å². The Hall–Kier alpha value is -2.51. The van der Waals surface area contributed by atoms with Gasteiger partial charge in [0, 0.05) is 9.75 Å². The van der Waals surface area contributed by atoms with E-state index in [4.69, 9.17) is 4.74 Å². The zero-order valence-electron chi connectivity index (χ0n) is 13.9. The van der Waals surface area contributed by atoms with Crippen LogP contribution in [0.15, 0.2) is 53.9 Å². The Labute approximate surface area is 158 Å². The number of halogens is 1. The Morgan fingerprint density at radius 1 is 1.15 bits per heavy atom. The summed E-state index contributed by atoms with van der Waals surface area (Å²) in [5, 5.41) is 4.67. The Balaban J connectivity index is 1.57. The summed E-state index contributed by atoms with van der Waals surface area (Å²) >= 11 is 2.78. The van der Waals surface area contributed by atoms with Crippen LogP contribution in [0.5, 0.6) is 0 Å². The van der Waals surface area contributed by atoms with Gasteiger partial charge in [0.15, 0.2) is 6.10 Å². The summed E-state index contributed by atoms with van der Waals surface area (Å²) < 4.78 is 18.2. The number of amides is 1. The number of nitrogens with one attached hydrogen (secondary N) is 1. The SMILES string of the molecule is C[C@H](OC(=O)c1ccc(-c2ccc(F)cc2)s1)C(=O)NCc1cccs1. The van der Waals surface area contributed by atoms with Gasteiger partial charge in [0.1, 0.15) is 10.7 Å². The summed E-state index contributed by atoms with van der Waals surface area (Å²) in [5.74, 6) is -1.21. The molecule has 1 amide bonds. The molecule has 1 aromatic carbocycles. The third-order valence-corrected chi connectivity index (χ3v) is 5.60. The molecule has 1 atom stereocenters. The van der Waals surface area contributed by atoms with Crippen molar-refractivity contribution < 1.29 is 18.7 Å². The van der Waals surface area contributed by atoms with Crippen LogP contribution < -0.4 is 5.32 Å². The lowest BCUT2D eigenvalue weighted by Gasteiger charge is -2.12. The summed E-state index contributed by atoms with van der Waals surface area (Å²) in [4.78, 5) is 26.5. The molecule has 0 aliphatic rings. The summed E-state index contributed by atoms with van der Waals surface area (Å²) in [7, 11) is 0. The van der Waals surface area contributed by atoms with Gasteiger partial charge in [0.05, 0.1) is 6.54 Å². The molecular weight excluding hydrogens is 373 g/mol. The molecule has 0 spiro atoms. The smallest absolute Gasteiger partial charge is 0.349 e. The highest BCUT2D eigenvalue weighted by molar-refractivity contribution is 7.17. The fraction of sp³-hybridized carbons (Fsp3) is 0.158. The van der Waals surface area contributed by atoms with Gasteiger partial charge in [-0.25, -0.2) is 9.18 Å². The van der Waals surface area contributed by atoms with Gasteiger partial charge in [0.2, 0.25) is 0 Å². The Kier molecular flexibility index (Phi) is 5.80. The normalized spacial score (nSPS) is 11.8. The average molecular weight is 389 g/mol. The molecule has 7 heteroatoms. The van der Waals surface area contributed by atoms with Gasteiger partial charge in [0.25, 0.3) is 5.91 Å². The van der Waals surface area contributed by atoms with E-state index in [2.05, 4.69) is 5.32 Å². The molecule has 4 nitrogen and oxygen atoms in total. The van der Waals surface area contributed by atoms with E-state index in [1.807, 2.05) is 17.5 Å². The number of thiophene rings is 2. The molecule has 2 aromatic heterocycles. The van der Waals surface area contributed by atoms with Gasteiger partial charge >= 0.3 is 5.97 Å². The van der Waals surface area contributed by atoms with E-state index in [9.17, 15) is 14.0 Å². The minimum absolute atomic E-state index is 0.313. The lowest BCUT2D eigenvalue weighted by Crippen LogP contribution is -2.35. The first-order valence-corrected chi connectivity index (χ1v) is 9.59. The standard InChI is InChI=1S/C19H16FNO3S2/c1-12(18(22)21-11-15-3-2-10-25-15)24-19(23)17-9-8-16(26-17)13-4-6-14(20)7-5-13/h2-10,12H,11H2,1H3,(H,21,22)/t12-/m0/s1. The first-order valence-electron chi connectivity index (χ1n) is 7.90. The van der Waals surface area contributed by atoms with Crippen molar-refractivity contribution in [1.29, 1.82) is 0 Å². The monoisotopic (exact) mass is 389 g/mol. The van der Waals surface area contributed by atoms with Crippen molar-refractivity contribution in [1.82, 2.24) is 5.32 Å². The molecule has 26 heavy (non-hydrogen) atoms. The average Bonchev–Trinajstić information content (AvgIpc) is 3.32. The van der Waals surface area contributed by atoms with Crippen molar-refractivity contribution in [2.75, 3.05) is 0 Å². The molecule has 3 aromatic rings. The highest BCUT2D eigenvalue weighted by atomic mass is 32.1. The maximum absolute atomic E-state index is 13.0. The predicted molar refractivity (Wildman–Crippen MR) is 101 cm³/mol. The van der Waals surface area contributed by atoms with Gasteiger partial charge < -0.3 is 10.1 Å². The molecule has 0 saturated heterocycles. The summed E-state index contributed by atoms with van der Waals surface area (Å²) in [6.07, 6.45) is -0.890. The Morgan fingerprint density at radius 3 is 2.62 bits per heavy atom. The maximum atomic E-state index is 13.0. The molecule has 0 bridgehead atoms. The van der Waals surface area contributed by atoms with Crippen LogP contribution in [0.1, 0.15) is 21.5 Å². The summed E-state index contributed by atoms with van der Waals surface area (Å²) in [5.41, 5.74) is 0.817. The van der Waals surface area contributed by atoms with Crippen LogP contribution >= 0.6 is 22.7 Å². The van der Waals surface area contributed by atoms with E-state index in [1.54, 1.807) is 35.6 Å². The van der Waals surface area contributed by atoms with E-state index < -0.39 is 12.1 Å². The van der Waals surface area contributed by atoms with Crippen molar-refractivity contribution in [3.8, 4) is 10.4 Å². The minimum Gasteiger partial charge on any atom is -0.448 e. The quantitative estimate of drug-likeness (QED) is 0.633.